The standard InChI is InChI=1S/C23H23NO6S2/c1-28-18-10-8-15(12-20(18)29-2)23-17-11-14(13-32(24,26)27)7-9-16(17)22-19(30-23)5-4-6-21(22)31(3)25/h4-12,23H,13H2,1-3H3,(H2,24,26,27). The summed E-state index contributed by atoms with van der Waals surface area (Å²) in [4.78, 5) is 0.647. The molecule has 1 aliphatic heterocycles. The van der Waals surface area contributed by atoms with Crippen LogP contribution in [0.3, 0.4) is 0 Å². The molecule has 1 aliphatic rings. The van der Waals surface area contributed by atoms with Crippen LogP contribution in [0.15, 0.2) is 59.5 Å². The molecule has 2 atom stereocenters. The molecule has 0 spiro atoms. The quantitative estimate of drug-likeness (QED) is 0.589. The fourth-order valence-corrected chi connectivity index (χ4v) is 5.36. The molecule has 0 bridgehead atoms. The highest BCUT2D eigenvalue weighted by Gasteiger charge is 2.31. The smallest absolute Gasteiger partial charge is 0.213 e. The zero-order valence-electron chi connectivity index (χ0n) is 17.8. The molecule has 0 amide bonds. The molecule has 32 heavy (non-hydrogen) atoms. The number of methoxy groups -OCH3 is 2. The molecule has 0 fully saturated rings. The first-order valence-corrected chi connectivity index (χ1v) is 13.0. The minimum atomic E-state index is -3.71. The number of nitrogens with two attached hydrogens (primary N) is 1. The zero-order valence-corrected chi connectivity index (χ0v) is 19.5. The first-order chi connectivity index (χ1) is 15.2. The average Bonchev–Trinajstić information content (AvgIpc) is 2.76. The largest absolute Gasteiger partial charge is 0.493 e. The number of benzene rings is 3. The number of hydrogen-bond acceptors (Lipinski definition) is 6. The van der Waals surface area contributed by atoms with Crippen molar-refractivity contribution in [2.24, 2.45) is 5.14 Å². The van der Waals surface area contributed by atoms with Crippen molar-refractivity contribution in [1.29, 1.82) is 0 Å². The van der Waals surface area contributed by atoms with E-state index in [0.717, 1.165) is 22.3 Å². The molecule has 4 rings (SSSR count). The summed E-state index contributed by atoms with van der Waals surface area (Å²) >= 11 is 0. The average molecular weight is 474 g/mol. The SMILES string of the molecule is COc1ccc(C2Oc3cccc(S(C)=O)c3-c3ccc(CS(N)(=O)=O)cc32)cc1OC. The molecule has 0 aromatic heterocycles. The lowest BCUT2D eigenvalue weighted by Gasteiger charge is -2.31. The number of fused-ring (bicyclic) bond motifs is 3. The lowest BCUT2D eigenvalue weighted by molar-refractivity contribution is 0.242. The molecule has 0 aliphatic carbocycles. The van der Waals surface area contributed by atoms with E-state index in [-0.39, 0.29) is 5.75 Å². The highest BCUT2D eigenvalue weighted by atomic mass is 32.2. The maximum atomic E-state index is 12.4. The van der Waals surface area contributed by atoms with Gasteiger partial charge in [-0.15, -0.1) is 0 Å². The number of hydrogen-bond donors (Lipinski definition) is 1. The summed E-state index contributed by atoms with van der Waals surface area (Å²) in [5.41, 5.74) is 3.66. The molecule has 168 valence electrons. The molecular weight excluding hydrogens is 450 g/mol. The molecule has 0 saturated heterocycles. The van der Waals surface area contributed by atoms with Gasteiger partial charge < -0.3 is 14.2 Å². The molecule has 7 nitrogen and oxygen atoms in total. The van der Waals surface area contributed by atoms with Gasteiger partial charge in [-0.2, -0.15) is 0 Å². The second kappa shape index (κ2) is 8.57. The van der Waals surface area contributed by atoms with Crippen LogP contribution in [-0.4, -0.2) is 33.1 Å². The van der Waals surface area contributed by atoms with E-state index >= 15 is 0 Å². The molecule has 3 aromatic rings. The normalized spacial score (nSPS) is 15.8. The minimum absolute atomic E-state index is 0.298. The van der Waals surface area contributed by atoms with Crippen molar-refractivity contribution >= 4 is 20.8 Å². The van der Waals surface area contributed by atoms with Crippen LogP contribution in [0.5, 0.6) is 17.2 Å². The molecule has 3 aromatic carbocycles. The van der Waals surface area contributed by atoms with E-state index in [4.69, 9.17) is 19.3 Å². The second-order valence-corrected chi connectivity index (χ2v) is 10.4. The molecular formula is C23H23NO6S2. The Hall–Kier alpha value is -2.88. The van der Waals surface area contributed by atoms with Gasteiger partial charge in [0.25, 0.3) is 0 Å². The summed E-state index contributed by atoms with van der Waals surface area (Å²) in [6.45, 7) is 0. The summed E-state index contributed by atoms with van der Waals surface area (Å²) in [5, 5.41) is 5.27. The number of ether oxygens (including phenoxy) is 3. The van der Waals surface area contributed by atoms with E-state index in [1.807, 2.05) is 30.3 Å². The monoisotopic (exact) mass is 473 g/mol. The first-order valence-electron chi connectivity index (χ1n) is 9.70. The van der Waals surface area contributed by atoms with Crippen molar-refractivity contribution in [1.82, 2.24) is 0 Å². The van der Waals surface area contributed by atoms with Gasteiger partial charge in [0.1, 0.15) is 11.9 Å². The summed E-state index contributed by atoms with van der Waals surface area (Å²) in [6.07, 6.45) is 1.07. The summed E-state index contributed by atoms with van der Waals surface area (Å²) in [6, 6.07) is 16.3. The van der Waals surface area contributed by atoms with Gasteiger partial charge >= 0.3 is 0 Å². The molecule has 2 unspecified atom stereocenters. The Morgan fingerprint density at radius 2 is 1.78 bits per heavy atom. The summed E-state index contributed by atoms with van der Waals surface area (Å²) < 4.78 is 53.0. The Morgan fingerprint density at radius 3 is 2.44 bits per heavy atom. The van der Waals surface area contributed by atoms with Crippen LogP contribution in [0.4, 0.5) is 0 Å². The first kappa shape index (κ1) is 22.3. The number of sulfonamides is 1. The van der Waals surface area contributed by atoms with Crippen LogP contribution < -0.4 is 19.3 Å². The van der Waals surface area contributed by atoms with Gasteiger partial charge in [0, 0.05) is 22.9 Å². The second-order valence-electron chi connectivity index (χ2n) is 7.42. The van der Waals surface area contributed by atoms with Crippen molar-refractivity contribution in [3.8, 4) is 28.4 Å². The molecule has 2 N–H and O–H groups in total. The van der Waals surface area contributed by atoms with Crippen molar-refractivity contribution in [3.05, 3.63) is 71.3 Å². The van der Waals surface area contributed by atoms with Crippen LogP contribution in [0.1, 0.15) is 22.8 Å². The van der Waals surface area contributed by atoms with E-state index in [9.17, 15) is 12.6 Å². The predicted molar refractivity (Wildman–Crippen MR) is 123 cm³/mol. The Bertz CT molecular complexity index is 1320. The third-order valence-electron chi connectivity index (χ3n) is 5.29. The lowest BCUT2D eigenvalue weighted by Crippen LogP contribution is -2.18. The van der Waals surface area contributed by atoms with Crippen molar-refractivity contribution in [2.75, 3.05) is 20.5 Å². The summed E-state index contributed by atoms with van der Waals surface area (Å²) in [5.74, 6) is 1.43. The maximum Gasteiger partial charge on any atom is 0.213 e. The lowest BCUT2D eigenvalue weighted by atomic mass is 9.88. The third kappa shape index (κ3) is 4.23. The molecule has 0 radical (unpaired) electrons. The Balaban J connectivity index is 1.94. The number of rotatable bonds is 6. The molecule has 1 heterocycles. The maximum absolute atomic E-state index is 12.4. The highest BCUT2D eigenvalue weighted by molar-refractivity contribution is 7.88. The Morgan fingerprint density at radius 1 is 1.03 bits per heavy atom. The Kier molecular flexibility index (Phi) is 5.98. The Labute approximate surface area is 189 Å². The van der Waals surface area contributed by atoms with Gasteiger partial charge in [-0.3, -0.25) is 4.21 Å². The topological polar surface area (TPSA) is 105 Å². The van der Waals surface area contributed by atoms with E-state index in [0.29, 0.717) is 27.7 Å². The van der Waals surface area contributed by atoms with E-state index in [1.54, 1.807) is 44.7 Å². The van der Waals surface area contributed by atoms with Crippen molar-refractivity contribution in [3.63, 3.8) is 0 Å². The van der Waals surface area contributed by atoms with Gasteiger partial charge in [0.05, 0.1) is 35.7 Å². The molecule has 0 saturated carbocycles. The predicted octanol–water partition coefficient (Wildman–Crippen LogP) is 3.38. The van der Waals surface area contributed by atoms with Gasteiger partial charge in [-0.1, -0.05) is 30.3 Å². The van der Waals surface area contributed by atoms with E-state index in [2.05, 4.69) is 0 Å². The van der Waals surface area contributed by atoms with Gasteiger partial charge in [0.15, 0.2) is 11.5 Å². The van der Waals surface area contributed by atoms with E-state index < -0.39 is 26.9 Å². The van der Waals surface area contributed by atoms with Crippen LogP contribution in [0.25, 0.3) is 11.1 Å². The highest BCUT2D eigenvalue weighted by Crippen LogP contribution is 2.48. The van der Waals surface area contributed by atoms with Crippen molar-refractivity contribution < 1.29 is 26.8 Å². The van der Waals surface area contributed by atoms with Crippen LogP contribution >= 0.6 is 0 Å². The van der Waals surface area contributed by atoms with Gasteiger partial charge in [-0.25, -0.2) is 13.6 Å². The van der Waals surface area contributed by atoms with Crippen LogP contribution in [0, 0.1) is 0 Å². The minimum Gasteiger partial charge on any atom is -0.493 e. The van der Waals surface area contributed by atoms with Crippen LogP contribution in [0.2, 0.25) is 0 Å². The van der Waals surface area contributed by atoms with Crippen LogP contribution in [-0.2, 0) is 26.6 Å². The zero-order chi connectivity index (χ0) is 23.0. The van der Waals surface area contributed by atoms with Gasteiger partial charge in [-0.05, 0) is 35.4 Å². The fourth-order valence-electron chi connectivity index (χ4n) is 3.95. The molecule has 9 heteroatoms. The number of primary sulfonamides is 1. The van der Waals surface area contributed by atoms with E-state index in [1.165, 1.54) is 0 Å². The van der Waals surface area contributed by atoms with Gasteiger partial charge in [0.2, 0.25) is 10.0 Å². The fraction of sp³-hybridized carbons (Fsp3) is 0.217. The van der Waals surface area contributed by atoms with Crippen molar-refractivity contribution in [2.45, 2.75) is 16.8 Å². The summed E-state index contributed by atoms with van der Waals surface area (Å²) in [7, 11) is -1.84. The third-order valence-corrected chi connectivity index (χ3v) is 6.98.